The van der Waals surface area contributed by atoms with Crippen molar-refractivity contribution in [2.75, 3.05) is 19.8 Å². The second-order valence-corrected chi connectivity index (χ2v) is 4.36. The first-order chi connectivity index (χ1) is 8.40. The van der Waals surface area contributed by atoms with E-state index in [9.17, 15) is 13.2 Å². The van der Waals surface area contributed by atoms with E-state index in [-0.39, 0.29) is 13.2 Å². The second-order valence-electron chi connectivity index (χ2n) is 3.54. The fourth-order valence-electron chi connectivity index (χ4n) is 1.25. The molecule has 18 heavy (non-hydrogen) atoms. The molecular formula is C11H12Cl2F3NO. The summed E-state index contributed by atoms with van der Waals surface area (Å²) in [6.07, 6.45) is -4.29. The van der Waals surface area contributed by atoms with E-state index in [2.05, 4.69) is 10.1 Å². The van der Waals surface area contributed by atoms with E-state index >= 15 is 0 Å². The van der Waals surface area contributed by atoms with Gasteiger partial charge in [-0.05, 0) is 12.1 Å². The van der Waals surface area contributed by atoms with Crippen LogP contribution in [0, 0.1) is 0 Å². The Labute approximate surface area is 113 Å². The Morgan fingerprint density at radius 1 is 1.17 bits per heavy atom. The Kier molecular flexibility index (Phi) is 6.21. The number of benzene rings is 1. The van der Waals surface area contributed by atoms with Gasteiger partial charge in [0.25, 0.3) is 0 Å². The Hall–Kier alpha value is -0.490. The lowest BCUT2D eigenvalue weighted by Gasteiger charge is -2.10. The van der Waals surface area contributed by atoms with Crippen LogP contribution in [0.15, 0.2) is 18.2 Å². The third-order valence-corrected chi connectivity index (χ3v) is 2.76. The highest BCUT2D eigenvalue weighted by Crippen LogP contribution is 2.23. The van der Waals surface area contributed by atoms with Crippen molar-refractivity contribution in [2.45, 2.75) is 12.7 Å². The van der Waals surface area contributed by atoms with Gasteiger partial charge in [-0.3, -0.25) is 0 Å². The van der Waals surface area contributed by atoms with Crippen LogP contribution in [0.25, 0.3) is 0 Å². The molecule has 7 heteroatoms. The summed E-state index contributed by atoms with van der Waals surface area (Å²) < 4.78 is 39.7. The van der Waals surface area contributed by atoms with Gasteiger partial charge < -0.3 is 10.1 Å². The van der Waals surface area contributed by atoms with E-state index < -0.39 is 12.8 Å². The van der Waals surface area contributed by atoms with Gasteiger partial charge in [-0.25, -0.2) is 0 Å². The minimum absolute atomic E-state index is 0.0262. The first kappa shape index (κ1) is 15.6. The van der Waals surface area contributed by atoms with E-state index in [1.165, 1.54) is 0 Å². The number of hydrogen-bond donors (Lipinski definition) is 1. The predicted molar refractivity (Wildman–Crippen MR) is 65.0 cm³/mol. The topological polar surface area (TPSA) is 21.3 Å². The molecule has 0 amide bonds. The second kappa shape index (κ2) is 7.19. The molecule has 1 aromatic carbocycles. The third kappa shape index (κ3) is 5.91. The molecule has 0 bridgehead atoms. The SMILES string of the molecule is FC(F)(F)COCCNCc1c(Cl)cccc1Cl. The quantitative estimate of drug-likeness (QED) is 0.810. The molecule has 0 aliphatic carbocycles. The number of nitrogens with one attached hydrogen (secondary N) is 1. The zero-order chi connectivity index (χ0) is 13.6. The van der Waals surface area contributed by atoms with Gasteiger partial charge in [0.15, 0.2) is 0 Å². The lowest BCUT2D eigenvalue weighted by atomic mass is 10.2. The summed E-state index contributed by atoms with van der Waals surface area (Å²) in [6.45, 7) is -0.589. The van der Waals surface area contributed by atoms with Crippen LogP contribution in [0.5, 0.6) is 0 Å². The number of rotatable bonds is 6. The molecule has 0 fully saturated rings. The number of halogens is 5. The molecule has 0 saturated carbocycles. The summed E-state index contributed by atoms with van der Waals surface area (Å²) in [5, 5.41) is 3.95. The highest BCUT2D eigenvalue weighted by Gasteiger charge is 2.27. The Bertz CT molecular complexity index is 365. The van der Waals surface area contributed by atoms with Gasteiger partial charge >= 0.3 is 6.18 Å². The Morgan fingerprint density at radius 2 is 1.78 bits per heavy atom. The van der Waals surface area contributed by atoms with Gasteiger partial charge in [0.2, 0.25) is 0 Å². The fourth-order valence-corrected chi connectivity index (χ4v) is 1.78. The van der Waals surface area contributed by atoms with Crippen molar-refractivity contribution >= 4 is 23.2 Å². The van der Waals surface area contributed by atoms with Crippen LogP contribution in [-0.4, -0.2) is 25.9 Å². The van der Waals surface area contributed by atoms with Crippen molar-refractivity contribution in [1.82, 2.24) is 5.32 Å². The Balaban J connectivity index is 2.22. The minimum atomic E-state index is -4.29. The van der Waals surface area contributed by atoms with E-state index in [0.29, 0.717) is 16.6 Å². The molecule has 1 rings (SSSR count). The smallest absolute Gasteiger partial charge is 0.371 e. The number of hydrogen-bond acceptors (Lipinski definition) is 2. The van der Waals surface area contributed by atoms with Gasteiger partial charge in [-0.2, -0.15) is 13.2 Å². The first-order valence-electron chi connectivity index (χ1n) is 5.18. The van der Waals surface area contributed by atoms with Gasteiger partial charge in [0, 0.05) is 28.7 Å². The molecule has 102 valence electrons. The molecule has 0 aliphatic heterocycles. The van der Waals surface area contributed by atoms with Crippen molar-refractivity contribution in [1.29, 1.82) is 0 Å². The minimum Gasteiger partial charge on any atom is -0.371 e. The number of ether oxygens (including phenoxy) is 1. The van der Waals surface area contributed by atoms with E-state index in [1.54, 1.807) is 18.2 Å². The highest BCUT2D eigenvalue weighted by atomic mass is 35.5. The van der Waals surface area contributed by atoms with Gasteiger partial charge in [0.1, 0.15) is 6.61 Å². The lowest BCUT2D eigenvalue weighted by Crippen LogP contribution is -2.23. The van der Waals surface area contributed by atoms with Gasteiger partial charge in [-0.1, -0.05) is 29.3 Å². The predicted octanol–water partition coefficient (Wildman–Crippen LogP) is 3.66. The molecule has 2 nitrogen and oxygen atoms in total. The molecule has 0 atom stereocenters. The summed E-state index contributed by atoms with van der Waals surface area (Å²) in [5.41, 5.74) is 0.719. The van der Waals surface area contributed by atoms with Gasteiger partial charge in [0.05, 0.1) is 6.61 Å². The van der Waals surface area contributed by atoms with Crippen molar-refractivity contribution in [3.8, 4) is 0 Å². The normalized spacial score (nSPS) is 11.8. The maximum Gasteiger partial charge on any atom is 0.411 e. The third-order valence-electron chi connectivity index (χ3n) is 2.05. The summed E-state index contributed by atoms with van der Waals surface area (Å²) in [5.74, 6) is 0. The molecule has 0 aromatic heterocycles. The van der Waals surface area contributed by atoms with E-state index in [0.717, 1.165) is 5.56 Å². The number of alkyl halides is 3. The summed E-state index contributed by atoms with van der Waals surface area (Å²) in [4.78, 5) is 0. The fraction of sp³-hybridized carbons (Fsp3) is 0.455. The van der Waals surface area contributed by atoms with Crippen molar-refractivity contribution < 1.29 is 17.9 Å². The first-order valence-corrected chi connectivity index (χ1v) is 5.94. The molecule has 1 aromatic rings. The maximum absolute atomic E-state index is 11.8. The summed E-state index contributed by atoms with van der Waals surface area (Å²) in [6, 6.07) is 5.12. The van der Waals surface area contributed by atoms with Crippen LogP contribution in [0.2, 0.25) is 10.0 Å². The van der Waals surface area contributed by atoms with Crippen LogP contribution in [-0.2, 0) is 11.3 Å². The summed E-state index contributed by atoms with van der Waals surface area (Å²) in [7, 11) is 0. The lowest BCUT2D eigenvalue weighted by molar-refractivity contribution is -0.173. The van der Waals surface area contributed by atoms with Crippen molar-refractivity contribution in [3.05, 3.63) is 33.8 Å². The Morgan fingerprint density at radius 3 is 2.33 bits per heavy atom. The monoisotopic (exact) mass is 301 g/mol. The standard InChI is InChI=1S/C11H12Cl2F3NO/c12-9-2-1-3-10(13)8(9)6-17-4-5-18-7-11(14,15)16/h1-3,17H,4-7H2. The molecule has 0 heterocycles. The molecular weight excluding hydrogens is 290 g/mol. The highest BCUT2D eigenvalue weighted by molar-refractivity contribution is 6.35. The summed E-state index contributed by atoms with van der Waals surface area (Å²) >= 11 is 11.8. The van der Waals surface area contributed by atoms with Crippen molar-refractivity contribution in [2.24, 2.45) is 0 Å². The largest absolute Gasteiger partial charge is 0.411 e. The van der Waals surface area contributed by atoms with Crippen LogP contribution < -0.4 is 5.32 Å². The van der Waals surface area contributed by atoms with E-state index in [4.69, 9.17) is 23.2 Å². The van der Waals surface area contributed by atoms with Crippen LogP contribution in [0.4, 0.5) is 13.2 Å². The molecule has 0 spiro atoms. The van der Waals surface area contributed by atoms with Crippen molar-refractivity contribution in [3.63, 3.8) is 0 Å². The zero-order valence-corrected chi connectivity index (χ0v) is 10.9. The average Bonchev–Trinajstić information content (AvgIpc) is 2.25. The molecule has 1 N–H and O–H groups in total. The van der Waals surface area contributed by atoms with Crippen LogP contribution >= 0.6 is 23.2 Å². The van der Waals surface area contributed by atoms with Crippen LogP contribution in [0.1, 0.15) is 5.56 Å². The van der Waals surface area contributed by atoms with Crippen LogP contribution in [0.3, 0.4) is 0 Å². The zero-order valence-electron chi connectivity index (χ0n) is 9.36. The molecule has 0 unspecified atom stereocenters. The van der Waals surface area contributed by atoms with Gasteiger partial charge in [-0.15, -0.1) is 0 Å². The van der Waals surface area contributed by atoms with E-state index in [1.807, 2.05) is 0 Å². The average molecular weight is 302 g/mol. The molecule has 0 aliphatic rings. The molecule has 0 radical (unpaired) electrons. The molecule has 0 saturated heterocycles. The maximum atomic E-state index is 11.8.